The Morgan fingerprint density at radius 2 is 2.21 bits per heavy atom. The first-order valence-electron chi connectivity index (χ1n) is 8.93. The molecule has 28 heavy (non-hydrogen) atoms. The van der Waals surface area contributed by atoms with Gasteiger partial charge in [0.15, 0.2) is 5.82 Å². The molecule has 0 radical (unpaired) electrons. The molecule has 2 saturated heterocycles. The van der Waals surface area contributed by atoms with Crippen LogP contribution in [0.5, 0.6) is 0 Å². The Hall–Kier alpha value is -2.86. The van der Waals surface area contributed by atoms with Gasteiger partial charge in [0.05, 0.1) is 21.8 Å². The summed E-state index contributed by atoms with van der Waals surface area (Å²) in [6.07, 6.45) is 1.15. The molecule has 0 aliphatic carbocycles. The number of carbonyl (C=O) groups is 2. The average molecular weight is 398 g/mol. The van der Waals surface area contributed by atoms with Crippen LogP contribution >= 0.6 is 11.8 Å². The number of carbonyl (C=O) groups excluding carboxylic acids is 2. The number of thioether (sulfide) groups is 1. The van der Waals surface area contributed by atoms with Gasteiger partial charge in [0.1, 0.15) is 19.2 Å². The van der Waals surface area contributed by atoms with Crippen LogP contribution in [0.4, 0.5) is 0 Å². The molecule has 1 aromatic heterocycles. The minimum absolute atomic E-state index is 0.0420. The molecule has 144 valence electrons. The molecule has 9 heteroatoms. The summed E-state index contributed by atoms with van der Waals surface area (Å²) >= 11 is 1.58. The molecule has 0 unspecified atom stereocenters. The Balaban J connectivity index is 1.58. The second-order valence-electron chi connectivity index (χ2n) is 6.97. The number of amides is 1. The van der Waals surface area contributed by atoms with Crippen molar-refractivity contribution >= 4 is 34.5 Å². The third-order valence-electron chi connectivity index (χ3n) is 5.23. The zero-order valence-electron chi connectivity index (χ0n) is 15.3. The van der Waals surface area contributed by atoms with Crippen molar-refractivity contribution in [3.63, 3.8) is 0 Å². The summed E-state index contributed by atoms with van der Waals surface area (Å²) in [5.41, 5.74) is 0.128. The highest BCUT2D eigenvalue weighted by Crippen LogP contribution is 2.47. The topological polar surface area (TPSA) is 105 Å². The molecule has 2 aliphatic rings. The minimum Gasteiger partial charge on any atom is -0.456 e. The van der Waals surface area contributed by atoms with Gasteiger partial charge < -0.3 is 9.64 Å². The molecule has 1 amide bonds. The number of hydrogen-bond donors (Lipinski definition) is 0. The maximum Gasteiger partial charge on any atom is 0.330 e. The summed E-state index contributed by atoms with van der Waals surface area (Å²) in [6, 6.07) is 8.12. The van der Waals surface area contributed by atoms with Gasteiger partial charge in [-0.25, -0.2) is 9.78 Å². The molecule has 2 aliphatic heterocycles. The lowest BCUT2D eigenvalue weighted by molar-refractivity contribution is -0.155. The summed E-state index contributed by atoms with van der Waals surface area (Å²) in [5, 5.41) is 9.46. The SMILES string of the molecule is C[C@@]12CCC(=O)N1[C@H](C(=O)OCc1nc3ccccc3c(=O)n1CC#N)CS2. The van der Waals surface area contributed by atoms with E-state index in [0.29, 0.717) is 29.5 Å². The van der Waals surface area contributed by atoms with Crippen LogP contribution in [0.2, 0.25) is 0 Å². The second-order valence-corrected chi connectivity index (χ2v) is 8.47. The van der Waals surface area contributed by atoms with E-state index in [4.69, 9.17) is 10.00 Å². The van der Waals surface area contributed by atoms with Crippen LogP contribution in [-0.2, 0) is 27.5 Å². The van der Waals surface area contributed by atoms with Gasteiger partial charge in [-0.2, -0.15) is 5.26 Å². The second kappa shape index (κ2) is 6.95. The molecular weight excluding hydrogens is 380 g/mol. The number of aromatic nitrogens is 2. The van der Waals surface area contributed by atoms with Crippen molar-refractivity contribution in [2.75, 3.05) is 5.75 Å². The number of rotatable bonds is 4. The Morgan fingerprint density at radius 1 is 1.43 bits per heavy atom. The van der Waals surface area contributed by atoms with E-state index in [9.17, 15) is 14.4 Å². The van der Waals surface area contributed by atoms with Gasteiger partial charge in [-0.15, -0.1) is 11.8 Å². The molecule has 4 rings (SSSR count). The molecule has 3 heterocycles. The molecular formula is C19H18N4O4S. The Morgan fingerprint density at radius 3 is 3.00 bits per heavy atom. The van der Waals surface area contributed by atoms with Crippen LogP contribution < -0.4 is 5.56 Å². The van der Waals surface area contributed by atoms with Crippen LogP contribution in [0.1, 0.15) is 25.6 Å². The lowest BCUT2D eigenvalue weighted by Crippen LogP contribution is -2.46. The first-order valence-corrected chi connectivity index (χ1v) is 9.91. The first-order chi connectivity index (χ1) is 13.4. The van der Waals surface area contributed by atoms with Crippen LogP contribution in [0.15, 0.2) is 29.1 Å². The van der Waals surface area contributed by atoms with Crippen molar-refractivity contribution in [2.24, 2.45) is 0 Å². The normalized spacial score (nSPS) is 23.6. The number of fused-ring (bicyclic) bond motifs is 2. The Labute approximate surface area is 165 Å². The number of ether oxygens (including phenoxy) is 1. The lowest BCUT2D eigenvalue weighted by atomic mass is 10.2. The van der Waals surface area contributed by atoms with E-state index in [2.05, 4.69) is 4.98 Å². The van der Waals surface area contributed by atoms with E-state index >= 15 is 0 Å². The number of esters is 1. The molecule has 8 nitrogen and oxygen atoms in total. The summed E-state index contributed by atoms with van der Waals surface area (Å²) in [5.74, 6) is 0.133. The first kappa shape index (κ1) is 18.5. The number of hydrogen-bond acceptors (Lipinski definition) is 7. The number of nitrogens with zero attached hydrogens (tertiary/aromatic N) is 4. The third-order valence-corrected chi connectivity index (χ3v) is 6.74. The molecule has 2 atom stereocenters. The number of nitriles is 1. The predicted molar refractivity (Wildman–Crippen MR) is 102 cm³/mol. The molecule has 2 fully saturated rings. The Kier molecular flexibility index (Phi) is 4.59. The van der Waals surface area contributed by atoms with Crippen molar-refractivity contribution in [1.29, 1.82) is 5.26 Å². The zero-order valence-corrected chi connectivity index (χ0v) is 16.1. The van der Waals surface area contributed by atoms with E-state index in [1.807, 2.05) is 13.0 Å². The fraction of sp³-hybridized carbons (Fsp3) is 0.421. The molecule has 0 bridgehead atoms. The molecule has 2 aromatic rings. The smallest absolute Gasteiger partial charge is 0.330 e. The van der Waals surface area contributed by atoms with E-state index in [1.165, 1.54) is 4.57 Å². The van der Waals surface area contributed by atoms with Crippen molar-refractivity contribution in [3.05, 3.63) is 40.4 Å². The minimum atomic E-state index is -0.637. The third kappa shape index (κ3) is 2.94. The standard InChI is InChI=1S/C19H18N4O4S/c1-19-7-6-16(24)23(19)14(11-28-19)18(26)27-10-15-21-13-5-3-2-4-12(13)17(25)22(15)9-8-20/h2-5,14H,6-7,9-11H2,1H3/t14-,19+/m0/s1. The predicted octanol–water partition coefficient (Wildman–Crippen LogP) is 1.42. The van der Waals surface area contributed by atoms with Gasteiger partial charge in [-0.1, -0.05) is 12.1 Å². The number of para-hydroxylation sites is 1. The highest BCUT2D eigenvalue weighted by atomic mass is 32.2. The van der Waals surface area contributed by atoms with Crippen LogP contribution in [-0.4, -0.2) is 43.0 Å². The molecule has 0 saturated carbocycles. The molecule has 0 spiro atoms. The zero-order chi connectivity index (χ0) is 19.9. The highest BCUT2D eigenvalue weighted by Gasteiger charge is 2.53. The van der Waals surface area contributed by atoms with Gasteiger partial charge >= 0.3 is 5.97 Å². The largest absolute Gasteiger partial charge is 0.456 e. The monoisotopic (exact) mass is 398 g/mol. The summed E-state index contributed by atoms with van der Waals surface area (Å²) in [7, 11) is 0. The molecule has 0 N–H and O–H groups in total. The summed E-state index contributed by atoms with van der Waals surface area (Å²) < 4.78 is 6.64. The maximum absolute atomic E-state index is 12.7. The van der Waals surface area contributed by atoms with E-state index in [0.717, 1.165) is 0 Å². The fourth-order valence-electron chi connectivity index (χ4n) is 3.79. The fourth-order valence-corrected chi connectivity index (χ4v) is 5.20. The molecule has 1 aromatic carbocycles. The van der Waals surface area contributed by atoms with Crippen LogP contribution in [0, 0.1) is 11.3 Å². The van der Waals surface area contributed by atoms with Crippen molar-refractivity contribution in [1.82, 2.24) is 14.5 Å². The van der Waals surface area contributed by atoms with Gasteiger partial charge in [-0.05, 0) is 25.5 Å². The van der Waals surface area contributed by atoms with Crippen molar-refractivity contribution in [3.8, 4) is 6.07 Å². The summed E-state index contributed by atoms with van der Waals surface area (Å²) in [4.78, 5) is 43.2. The maximum atomic E-state index is 12.7. The van der Waals surface area contributed by atoms with Gasteiger partial charge in [0.2, 0.25) is 5.91 Å². The van der Waals surface area contributed by atoms with E-state index in [1.54, 1.807) is 40.9 Å². The van der Waals surface area contributed by atoms with Crippen LogP contribution in [0.3, 0.4) is 0 Å². The Bertz CT molecular complexity index is 1080. The van der Waals surface area contributed by atoms with Crippen molar-refractivity contribution < 1.29 is 14.3 Å². The average Bonchev–Trinajstić information content (AvgIpc) is 3.18. The van der Waals surface area contributed by atoms with Crippen molar-refractivity contribution in [2.45, 2.75) is 43.8 Å². The highest BCUT2D eigenvalue weighted by molar-refractivity contribution is 8.01. The summed E-state index contributed by atoms with van der Waals surface area (Å²) in [6.45, 7) is 1.54. The lowest BCUT2D eigenvalue weighted by Gasteiger charge is -2.29. The van der Waals surface area contributed by atoms with Gasteiger partial charge in [-0.3, -0.25) is 14.2 Å². The van der Waals surface area contributed by atoms with Gasteiger partial charge in [0.25, 0.3) is 5.56 Å². The van der Waals surface area contributed by atoms with E-state index < -0.39 is 12.0 Å². The van der Waals surface area contributed by atoms with Gasteiger partial charge in [0, 0.05) is 12.2 Å². The van der Waals surface area contributed by atoms with Crippen LogP contribution in [0.25, 0.3) is 10.9 Å². The quantitative estimate of drug-likeness (QED) is 0.717. The number of benzene rings is 1. The van der Waals surface area contributed by atoms with E-state index in [-0.39, 0.29) is 35.3 Å².